The summed E-state index contributed by atoms with van der Waals surface area (Å²) in [5.74, 6) is 2.15. The molecule has 1 saturated heterocycles. The van der Waals surface area contributed by atoms with Crippen LogP contribution in [0.4, 0.5) is 5.69 Å². The van der Waals surface area contributed by atoms with Crippen molar-refractivity contribution in [1.82, 2.24) is 0 Å². The van der Waals surface area contributed by atoms with Gasteiger partial charge in [0.25, 0.3) is 0 Å². The van der Waals surface area contributed by atoms with Crippen LogP contribution >= 0.6 is 0 Å². The molecule has 1 fully saturated rings. The van der Waals surface area contributed by atoms with Gasteiger partial charge in [-0.3, -0.25) is 0 Å². The largest absolute Gasteiger partial charge is 0.493 e. The number of benzene rings is 2. The topological polar surface area (TPSA) is 35.4 Å². The first kappa shape index (κ1) is 17.4. The Morgan fingerprint density at radius 1 is 0.840 bits per heavy atom. The summed E-state index contributed by atoms with van der Waals surface area (Å²) in [6, 6.07) is 14.7. The van der Waals surface area contributed by atoms with Crippen molar-refractivity contribution in [3.8, 4) is 17.2 Å². The molecule has 5 nitrogen and oxygen atoms in total. The van der Waals surface area contributed by atoms with Gasteiger partial charge in [-0.15, -0.1) is 0 Å². The van der Waals surface area contributed by atoms with Crippen molar-refractivity contribution in [1.29, 1.82) is 0 Å². The minimum Gasteiger partial charge on any atom is -0.493 e. The normalized spacial score (nSPS) is 15.1. The summed E-state index contributed by atoms with van der Waals surface area (Å²) in [7, 11) is 4.98. The van der Waals surface area contributed by atoms with E-state index in [2.05, 4.69) is 41.3 Å². The lowest BCUT2D eigenvalue weighted by atomic mass is 10.1. The molecule has 1 aliphatic rings. The Balaban J connectivity index is 1.68. The third kappa shape index (κ3) is 3.82. The molecule has 0 amide bonds. The number of quaternary nitrogens is 1. The molecule has 1 N–H and O–H groups in total. The third-order valence-electron chi connectivity index (χ3n) is 4.82. The molecule has 2 aromatic carbocycles. The molecule has 0 aromatic heterocycles. The molecule has 1 heterocycles. The Hall–Kier alpha value is -2.40. The summed E-state index contributed by atoms with van der Waals surface area (Å²) in [5, 5.41) is 0. The van der Waals surface area contributed by atoms with Crippen molar-refractivity contribution in [2.45, 2.75) is 6.54 Å². The van der Waals surface area contributed by atoms with Crippen LogP contribution in [0.1, 0.15) is 5.56 Å². The second-order valence-electron chi connectivity index (χ2n) is 6.24. The van der Waals surface area contributed by atoms with E-state index in [0.29, 0.717) is 11.5 Å². The molecule has 0 spiro atoms. The van der Waals surface area contributed by atoms with Gasteiger partial charge >= 0.3 is 0 Å². The molecule has 5 heteroatoms. The van der Waals surface area contributed by atoms with Crippen LogP contribution in [0, 0.1) is 0 Å². The molecule has 0 bridgehead atoms. The summed E-state index contributed by atoms with van der Waals surface area (Å²) < 4.78 is 16.5. The van der Waals surface area contributed by atoms with Crippen LogP contribution in [0.2, 0.25) is 0 Å². The summed E-state index contributed by atoms with van der Waals surface area (Å²) in [6.45, 7) is 5.26. The Labute approximate surface area is 149 Å². The van der Waals surface area contributed by atoms with Crippen LogP contribution in [-0.2, 0) is 6.54 Å². The number of nitrogens with one attached hydrogen (secondary N) is 1. The molecule has 3 rings (SSSR count). The highest BCUT2D eigenvalue weighted by Crippen LogP contribution is 2.39. The molecular formula is C20H27N2O3+. The van der Waals surface area contributed by atoms with E-state index in [4.69, 9.17) is 14.2 Å². The van der Waals surface area contributed by atoms with Crippen molar-refractivity contribution in [2.24, 2.45) is 0 Å². The fourth-order valence-corrected chi connectivity index (χ4v) is 3.47. The van der Waals surface area contributed by atoms with Gasteiger partial charge < -0.3 is 24.0 Å². The molecule has 0 unspecified atom stereocenters. The fraction of sp³-hybridized carbons (Fsp3) is 0.400. The lowest BCUT2D eigenvalue weighted by molar-refractivity contribution is -0.914. The molecule has 1 aliphatic heterocycles. The summed E-state index contributed by atoms with van der Waals surface area (Å²) in [6.07, 6.45) is 0. The molecule has 134 valence electrons. The predicted molar refractivity (Wildman–Crippen MR) is 99.2 cm³/mol. The van der Waals surface area contributed by atoms with E-state index >= 15 is 0 Å². The van der Waals surface area contributed by atoms with Crippen molar-refractivity contribution < 1.29 is 19.1 Å². The van der Waals surface area contributed by atoms with Gasteiger partial charge in [0.05, 0.1) is 53.1 Å². The standard InChI is InChI=1S/C20H26N2O3/c1-23-18-10-9-16(19(24-2)20(18)25-3)15-21-11-13-22(14-12-21)17-7-5-4-6-8-17/h4-10H,11-15H2,1-3H3/p+1. The van der Waals surface area contributed by atoms with Gasteiger partial charge in [0.1, 0.15) is 6.54 Å². The zero-order valence-electron chi connectivity index (χ0n) is 15.2. The average molecular weight is 343 g/mol. The van der Waals surface area contributed by atoms with Crippen molar-refractivity contribution in [3.05, 3.63) is 48.0 Å². The van der Waals surface area contributed by atoms with E-state index in [9.17, 15) is 0 Å². The van der Waals surface area contributed by atoms with Gasteiger partial charge in [-0.2, -0.15) is 0 Å². The van der Waals surface area contributed by atoms with E-state index in [1.54, 1.807) is 26.2 Å². The van der Waals surface area contributed by atoms with Crippen molar-refractivity contribution in [3.63, 3.8) is 0 Å². The maximum absolute atomic E-state index is 5.61. The molecule has 0 aliphatic carbocycles. The zero-order chi connectivity index (χ0) is 17.6. The maximum Gasteiger partial charge on any atom is 0.203 e. The number of piperazine rings is 1. The molecule has 25 heavy (non-hydrogen) atoms. The van der Waals surface area contributed by atoms with E-state index in [-0.39, 0.29) is 0 Å². The van der Waals surface area contributed by atoms with Crippen molar-refractivity contribution in [2.75, 3.05) is 52.4 Å². The summed E-state index contributed by atoms with van der Waals surface area (Å²) in [5.41, 5.74) is 2.47. The van der Waals surface area contributed by atoms with Gasteiger partial charge in [-0.1, -0.05) is 18.2 Å². The number of hydrogen-bond acceptors (Lipinski definition) is 4. The maximum atomic E-state index is 5.61. The van der Waals surface area contributed by atoms with Crippen LogP contribution in [0.3, 0.4) is 0 Å². The number of nitrogens with zero attached hydrogens (tertiary/aromatic N) is 1. The van der Waals surface area contributed by atoms with Gasteiger partial charge in [0.2, 0.25) is 5.75 Å². The van der Waals surface area contributed by atoms with Crippen LogP contribution in [0.5, 0.6) is 17.2 Å². The Morgan fingerprint density at radius 3 is 2.12 bits per heavy atom. The number of methoxy groups -OCH3 is 3. The third-order valence-corrected chi connectivity index (χ3v) is 4.82. The smallest absolute Gasteiger partial charge is 0.203 e. The van der Waals surface area contributed by atoms with Crippen LogP contribution in [0.15, 0.2) is 42.5 Å². The van der Waals surface area contributed by atoms with Gasteiger partial charge in [-0.05, 0) is 24.3 Å². The Kier molecular flexibility index (Phi) is 5.66. The van der Waals surface area contributed by atoms with Crippen LogP contribution < -0.4 is 24.0 Å². The molecular weight excluding hydrogens is 316 g/mol. The van der Waals surface area contributed by atoms with Crippen LogP contribution in [-0.4, -0.2) is 47.5 Å². The first-order valence-corrected chi connectivity index (χ1v) is 8.68. The quantitative estimate of drug-likeness (QED) is 0.865. The highest BCUT2D eigenvalue weighted by Gasteiger charge is 2.23. The number of para-hydroxylation sites is 1. The second kappa shape index (κ2) is 8.12. The molecule has 0 radical (unpaired) electrons. The van der Waals surface area contributed by atoms with Gasteiger partial charge in [-0.25, -0.2) is 0 Å². The molecule has 0 atom stereocenters. The number of rotatable bonds is 6. The summed E-state index contributed by atoms with van der Waals surface area (Å²) in [4.78, 5) is 4.01. The minimum atomic E-state index is 0.671. The average Bonchev–Trinajstić information content (AvgIpc) is 2.68. The highest BCUT2D eigenvalue weighted by molar-refractivity contribution is 5.55. The van der Waals surface area contributed by atoms with E-state index in [1.165, 1.54) is 5.69 Å². The first-order valence-electron chi connectivity index (χ1n) is 8.68. The number of hydrogen-bond donors (Lipinski definition) is 1. The lowest BCUT2D eigenvalue weighted by Crippen LogP contribution is -3.13. The van der Waals surface area contributed by atoms with Gasteiger partial charge in [0.15, 0.2) is 11.5 Å². The Morgan fingerprint density at radius 2 is 1.52 bits per heavy atom. The highest BCUT2D eigenvalue weighted by atomic mass is 16.5. The summed E-state index contributed by atoms with van der Waals surface area (Å²) >= 11 is 0. The monoisotopic (exact) mass is 343 g/mol. The minimum absolute atomic E-state index is 0.671. The molecule has 2 aromatic rings. The number of ether oxygens (including phenoxy) is 3. The second-order valence-corrected chi connectivity index (χ2v) is 6.24. The Bertz CT molecular complexity index is 683. The van der Waals surface area contributed by atoms with E-state index < -0.39 is 0 Å². The SMILES string of the molecule is COc1ccc(C[NH+]2CCN(c3ccccc3)CC2)c(OC)c1OC. The van der Waals surface area contributed by atoms with E-state index in [1.807, 2.05) is 6.07 Å². The lowest BCUT2D eigenvalue weighted by Gasteiger charge is -2.34. The predicted octanol–water partition coefficient (Wildman–Crippen LogP) is 1.62. The molecule has 0 saturated carbocycles. The van der Waals surface area contributed by atoms with Crippen LogP contribution in [0.25, 0.3) is 0 Å². The van der Waals surface area contributed by atoms with Crippen molar-refractivity contribution >= 4 is 5.69 Å². The fourth-order valence-electron chi connectivity index (χ4n) is 3.47. The number of anilines is 1. The van der Waals surface area contributed by atoms with E-state index in [0.717, 1.165) is 44.0 Å². The van der Waals surface area contributed by atoms with Gasteiger partial charge in [0, 0.05) is 5.69 Å². The first-order chi connectivity index (χ1) is 12.3. The zero-order valence-corrected chi connectivity index (χ0v) is 15.2.